The Labute approximate surface area is 167 Å². The van der Waals surface area contributed by atoms with Crippen LogP contribution < -0.4 is 0 Å². The van der Waals surface area contributed by atoms with Crippen LogP contribution in [0.25, 0.3) is 11.0 Å². The van der Waals surface area contributed by atoms with Gasteiger partial charge >= 0.3 is 0 Å². The number of aromatic nitrogens is 3. The number of fused-ring (bicyclic) bond motifs is 1. The lowest BCUT2D eigenvalue weighted by molar-refractivity contribution is 0.0716. The topological polar surface area (TPSA) is 71.3 Å². The number of carbonyl (C=O) groups excluding carboxylic acids is 2. The molecule has 0 bridgehead atoms. The summed E-state index contributed by atoms with van der Waals surface area (Å²) in [5.74, 6) is -0.962. The number of rotatable bonds is 3. The number of amides is 2. The Morgan fingerprint density at radius 3 is 2.45 bits per heavy atom. The highest BCUT2D eigenvalue weighted by atomic mass is 19.1. The first-order valence-corrected chi connectivity index (χ1v) is 9.75. The van der Waals surface area contributed by atoms with E-state index in [0.717, 1.165) is 5.52 Å². The van der Waals surface area contributed by atoms with Crippen molar-refractivity contribution in [3.63, 3.8) is 0 Å². The van der Waals surface area contributed by atoms with Crippen LogP contribution in [0.2, 0.25) is 0 Å². The zero-order valence-electron chi connectivity index (χ0n) is 16.2. The first kappa shape index (κ1) is 19.0. The standard InChI is InChI=1S/C21H22FN5O2/c1-2-27-19-9-8-15(14-18(19)23-24-27)20(28)25-10-5-11-26(13-12-25)21(29)16-6-3-4-7-17(16)22/h3-4,6-9,14H,2,5,10-13H2,1H3. The number of nitrogens with zero attached hydrogens (tertiary/aromatic N) is 5. The third-order valence-corrected chi connectivity index (χ3v) is 5.23. The second-order valence-electron chi connectivity index (χ2n) is 7.03. The lowest BCUT2D eigenvalue weighted by Gasteiger charge is -2.22. The lowest BCUT2D eigenvalue weighted by Crippen LogP contribution is -2.37. The molecule has 0 aliphatic carbocycles. The van der Waals surface area contributed by atoms with Crippen molar-refractivity contribution in [3.05, 3.63) is 59.4 Å². The predicted octanol–water partition coefficient (Wildman–Crippen LogP) is 2.58. The van der Waals surface area contributed by atoms with E-state index >= 15 is 0 Å². The van der Waals surface area contributed by atoms with Crippen LogP contribution in [0.4, 0.5) is 4.39 Å². The Hall–Kier alpha value is -3.29. The van der Waals surface area contributed by atoms with Gasteiger partial charge in [-0.05, 0) is 43.7 Å². The molecular weight excluding hydrogens is 373 g/mol. The van der Waals surface area contributed by atoms with E-state index in [1.165, 1.54) is 12.1 Å². The molecule has 1 fully saturated rings. The molecule has 3 aromatic rings. The average Bonchev–Trinajstić information content (AvgIpc) is 2.99. The van der Waals surface area contributed by atoms with E-state index < -0.39 is 5.82 Å². The zero-order valence-corrected chi connectivity index (χ0v) is 16.2. The minimum Gasteiger partial charge on any atom is -0.337 e. The molecule has 7 nitrogen and oxygen atoms in total. The van der Waals surface area contributed by atoms with Gasteiger partial charge in [0.25, 0.3) is 11.8 Å². The summed E-state index contributed by atoms with van der Waals surface area (Å²) in [5, 5.41) is 8.20. The lowest BCUT2D eigenvalue weighted by atomic mass is 10.1. The van der Waals surface area contributed by atoms with Crippen molar-refractivity contribution in [2.75, 3.05) is 26.2 Å². The van der Waals surface area contributed by atoms with E-state index in [-0.39, 0.29) is 17.4 Å². The minimum absolute atomic E-state index is 0.0664. The molecule has 2 aromatic carbocycles. The summed E-state index contributed by atoms with van der Waals surface area (Å²) in [6.07, 6.45) is 0.639. The van der Waals surface area contributed by atoms with Crippen molar-refractivity contribution in [1.82, 2.24) is 24.8 Å². The molecule has 29 heavy (non-hydrogen) atoms. The number of hydrogen-bond donors (Lipinski definition) is 0. The third-order valence-electron chi connectivity index (χ3n) is 5.23. The van der Waals surface area contributed by atoms with Crippen LogP contribution >= 0.6 is 0 Å². The summed E-state index contributed by atoms with van der Waals surface area (Å²) in [6, 6.07) is 11.4. The molecule has 8 heteroatoms. The van der Waals surface area contributed by atoms with Crippen molar-refractivity contribution in [2.24, 2.45) is 0 Å². The van der Waals surface area contributed by atoms with E-state index in [1.807, 2.05) is 13.0 Å². The Balaban J connectivity index is 1.47. The molecule has 0 saturated carbocycles. The Bertz CT molecular complexity index is 1060. The maximum absolute atomic E-state index is 14.0. The van der Waals surface area contributed by atoms with Crippen molar-refractivity contribution >= 4 is 22.8 Å². The molecule has 1 saturated heterocycles. The molecule has 0 spiro atoms. The smallest absolute Gasteiger partial charge is 0.256 e. The van der Waals surface area contributed by atoms with Crippen molar-refractivity contribution in [2.45, 2.75) is 19.9 Å². The minimum atomic E-state index is -0.525. The average molecular weight is 395 g/mol. The summed E-state index contributed by atoms with van der Waals surface area (Å²) in [7, 11) is 0. The van der Waals surface area contributed by atoms with E-state index in [9.17, 15) is 14.0 Å². The Morgan fingerprint density at radius 1 is 1.00 bits per heavy atom. The van der Waals surface area contributed by atoms with Gasteiger partial charge in [-0.3, -0.25) is 9.59 Å². The number of benzene rings is 2. The fourth-order valence-corrected chi connectivity index (χ4v) is 3.65. The first-order valence-electron chi connectivity index (χ1n) is 9.75. The van der Waals surface area contributed by atoms with Crippen LogP contribution in [0.1, 0.15) is 34.1 Å². The molecule has 1 aliphatic heterocycles. The van der Waals surface area contributed by atoms with E-state index in [1.54, 1.807) is 38.7 Å². The molecule has 2 amide bonds. The fraction of sp³-hybridized carbons (Fsp3) is 0.333. The molecule has 2 heterocycles. The summed E-state index contributed by atoms with van der Waals surface area (Å²) >= 11 is 0. The van der Waals surface area contributed by atoms with Gasteiger partial charge in [0.15, 0.2) is 0 Å². The summed E-state index contributed by atoms with van der Waals surface area (Å²) in [4.78, 5) is 29.0. The SMILES string of the molecule is CCn1nnc2cc(C(=O)N3CCCN(C(=O)c4ccccc4F)CC3)ccc21. The maximum Gasteiger partial charge on any atom is 0.256 e. The largest absolute Gasteiger partial charge is 0.337 e. The summed E-state index contributed by atoms with van der Waals surface area (Å²) in [6.45, 7) is 4.49. The summed E-state index contributed by atoms with van der Waals surface area (Å²) < 4.78 is 15.7. The Kier molecular flexibility index (Phi) is 5.24. The van der Waals surface area contributed by atoms with Crippen molar-refractivity contribution < 1.29 is 14.0 Å². The molecule has 0 atom stereocenters. The number of halogens is 1. The number of aryl methyl sites for hydroxylation is 1. The third kappa shape index (κ3) is 3.70. The molecule has 0 radical (unpaired) electrons. The zero-order chi connectivity index (χ0) is 20.4. The monoisotopic (exact) mass is 395 g/mol. The van der Waals surface area contributed by atoms with Crippen LogP contribution in [0, 0.1) is 5.82 Å². The highest BCUT2D eigenvalue weighted by Crippen LogP contribution is 2.17. The second-order valence-corrected chi connectivity index (χ2v) is 7.03. The van der Waals surface area contributed by atoms with Crippen LogP contribution in [-0.2, 0) is 6.54 Å². The van der Waals surface area contributed by atoms with E-state index in [4.69, 9.17) is 0 Å². The fourth-order valence-electron chi connectivity index (χ4n) is 3.65. The van der Waals surface area contributed by atoms with Gasteiger partial charge in [0, 0.05) is 38.3 Å². The molecule has 150 valence electrons. The number of hydrogen-bond acceptors (Lipinski definition) is 4. The molecular formula is C21H22FN5O2. The summed E-state index contributed by atoms with van der Waals surface area (Å²) in [5.41, 5.74) is 2.19. The van der Waals surface area contributed by atoms with Crippen LogP contribution in [0.3, 0.4) is 0 Å². The highest BCUT2D eigenvalue weighted by molar-refractivity contribution is 5.97. The molecule has 1 aromatic heterocycles. The van der Waals surface area contributed by atoms with Crippen LogP contribution in [-0.4, -0.2) is 62.8 Å². The van der Waals surface area contributed by atoms with Gasteiger partial charge in [0.2, 0.25) is 0 Å². The van der Waals surface area contributed by atoms with Gasteiger partial charge in [-0.15, -0.1) is 5.10 Å². The van der Waals surface area contributed by atoms with Gasteiger partial charge in [-0.25, -0.2) is 9.07 Å². The van der Waals surface area contributed by atoms with E-state index in [2.05, 4.69) is 10.3 Å². The van der Waals surface area contributed by atoms with Gasteiger partial charge in [-0.2, -0.15) is 0 Å². The van der Waals surface area contributed by atoms with Crippen LogP contribution in [0.5, 0.6) is 0 Å². The predicted molar refractivity (Wildman–Crippen MR) is 106 cm³/mol. The second kappa shape index (κ2) is 7.98. The van der Waals surface area contributed by atoms with Crippen molar-refractivity contribution in [3.8, 4) is 0 Å². The maximum atomic E-state index is 14.0. The quantitative estimate of drug-likeness (QED) is 0.683. The van der Waals surface area contributed by atoms with Gasteiger partial charge in [0.1, 0.15) is 11.3 Å². The van der Waals surface area contributed by atoms with Gasteiger partial charge in [0.05, 0.1) is 11.1 Å². The molecule has 4 rings (SSSR count). The van der Waals surface area contributed by atoms with E-state index in [0.29, 0.717) is 50.2 Å². The van der Waals surface area contributed by atoms with Gasteiger partial charge < -0.3 is 9.80 Å². The highest BCUT2D eigenvalue weighted by Gasteiger charge is 2.25. The number of carbonyl (C=O) groups is 2. The first-order chi connectivity index (χ1) is 14.1. The molecule has 1 aliphatic rings. The molecule has 0 N–H and O–H groups in total. The normalized spacial score (nSPS) is 14.8. The molecule has 0 unspecified atom stereocenters. The van der Waals surface area contributed by atoms with Crippen LogP contribution in [0.15, 0.2) is 42.5 Å². The van der Waals surface area contributed by atoms with Gasteiger partial charge in [-0.1, -0.05) is 17.3 Å². The Morgan fingerprint density at radius 2 is 1.72 bits per heavy atom. The van der Waals surface area contributed by atoms with Crippen molar-refractivity contribution in [1.29, 1.82) is 0 Å².